The van der Waals surface area contributed by atoms with Crippen LogP contribution in [-0.2, 0) is 109 Å². The molecule has 0 bridgehead atoms. The maximum atomic E-state index is 11.1. The van der Waals surface area contributed by atoms with Crippen molar-refractivity contribution in [3.63, 3.8) is 0 Å². The third-order valence-corrected chi connectivity index (χ3v) is 15.0. The molecule has 1 aromatic carbocycles. The lowest BCUT2D eigenvalue weighted by molar-refractivity contribution is -0.304. The van der Waals surface area contributed by atoms with Crippen LogP contribution in [0.3, 0.4) is 0 Å². The standard InChI is InChI=1S/C23H48O8.C17H28O4.C14H26O5.C13H28O4.C12H24O4.22CH4/c1-7-22(28-14-13-26-20(4)5)19-23(29-12-10-24-8-2)18-21(6)27-15-17-31-30-16-11-25-9-3;1-4-16(20-11-10-18-3)14-15(2)19-12-13-21-17-8-6-5-7-9-17;1-5-13(18-7-6-15)10-12(4)17-8-9-19-14(16)11(2)3;1-5-13(17-9-7-14-4)11-12(3)16-10-8-15-6-2;1-4-12(16-9-8-14-3)10-11(2)15-7-5-6-13;;;;;;;;;;;;;;;;;;;;;;/h20-23H,7-19H2,1-6H3;5-9,15-16H,4,10-14H2,1-3H3;12-13,15H,2,5-10H2,1,3-4H3;12-13H,5-11H2,1-4H3;6,11-12H,4-5,7-10H2,1-3H3;22*1H4. The molecule has 0 radical (unpaired) electrons. The number of para-hydroxylation sites is 1. The van der Waals surface area contributed by atoms with E-state index in [0.717, 1.165) is 89.3 Å². The highest BCUT2D eigenvalue weighted by atomic mass is 17.2. The Morgan fingerprint density at radius 1 is 0.325 bits per heavy atom. The fourth-order valence-electron chi connectivity index (χ4n) is 9.35. The van der Waals surface area contributed by atoms with Gasteiger partial charge in [0, 0.05) is 53.1 Å². The lowest BCUT2D eigenvalue weighted by atomic mass is 10.0. The molecule has 0 aliphatic carbocycles. The molecule has 0 heterocycles. The zero-order valence-electron chi connectivity index (χ0n) is 68.7. The largest absolute Gasteiger partial charge is 0.491 e. The summed E-state index contributed by atoms with van der Waals surface area (Å²) in [4.78, 5) is 31.4. The minimum absolute atomic E-state index is 0. The molecule has 0 saturated carbocycles. The molecule has 0 aromatic heterocycles. The fraction of sp³-hybridized carbons (Fsp3) is 0.901. The van der Waals surface area contributed by atoms with Crippen molar-refractivity contribution in [3.8, 4) is 5.75 Å². The van der Waals surface area contributed by atoms with Gasteiger partial charge in [-0.15, -0.1) is 0 Å². The van der Waals surface area contributed by atoms with Gasteiger partial charge in [0.1, 0.15) is 38.5 Å². The maximum absolute atomic E-state index is 11.1. The topological polar surface area (TPSA) is 257 Å². The number of benzene rings is 1. The van der Waals surface area contributed by atoms with E-state index in [9.17, 15) is 9.59 Å². The number of aldehydes is 1. The number of hydrogen-bond donors (Lipinski definition) is 1. The number of carbonyl (C=O) groups excluding carboxylic acids is 2. The lowest BCUT2D eigenvalue weighted by Gasteiger charge is -2.26. The van der Waals surface area contributed by atoms with Crippen LogP contribution in [0.1, 0.15) is 351 Å². The monoisotopic (exact) mass is 1860 g/mol. The van der Waals surface area contributed by atoms with Crippen molar-refractivity contribution in [2.45, 2.75) is 424 Å². The first kappa shape index (κ1) is 195. The normalized spacial score (nSPS) is 11.9. The van der Waals surface area contributed by atoms with Gasteiger partial charge in [0.25, 0.3) is 0 Å². The first-order valence-corrected chi connectivity index (χ1v) is 38.7. The maximum Gasteiger partial charge on any atom is 0.333 e. The van der Waals surface area contributed by atoms with Crippen molar-refractivity contribution >= 4 is 12.3 Å². The highest BCUT2D eigenvalue weighted by molar-refractivity contribution is 5.86. The summed E-state index contributed by atoms with van der Waals surface area (Å²) in [6, 6.07) is 9.78. The summed E-state index contributed by atoms with van der Waals surface area (Å²) < 4.78 is 110. The van der Waals surface area contributed by atoms with Gasteiger partial charge < -0.3 is 105 Å². The molecule has 11 unspecified atom stereocenters. The molecular weight excluding hydrogens is 1610 g/mol. The molecule has 0 spiro atoms. The Morgan fingerprint density at radius 2 is 0.587 bits per heavy atom. The first-order chi connectivity index (χ1) is 50.3. The van der Waals surface area contributed by atoms with Crippen molar-refractivity contribution < 1.29 is 119 Å². The average molecular weight is 1860 g/mol. The second-order valence-electron chi connectivity index (χ2n) is 24.7. The summed E-state index contributed by atoms with van der Waals surface area (Å²) in [5, 5.41) is 8.70. The van der Waals surface area contributed by atoms with Crippen molar-refractivity contribution in [3.05, 3.63) is 42.5 Å². The molecule has 0 saturated heterocycles. The molecule has 0 aliphatic rings. The number of ether oxygens (including phenoxy) is 20. The summed E-state index contributed by atoms with van der Waals surface area (Å²) >= 11 is 0. The number of hydrogen-bond acceptors (Lipinski definition) is 25. The second kappa shape index (κ2) is 153. The minimum atomic E-state index is -0.394. The Balaban J connectivity index is -0.0000000403. The van der Waals surface area contributed by atoms with Gasteiger partial charge in [-0.1, -0.05) is 223 Å². The van der Waals surface area contributed by atoms with Gasteiger partial charge in [-0.3, -0.25) is 0 Å². The van der Waals surface area contributed by atoms with Gasteiger partial charge in [0.15, 0.2) is 0 Å². The predicted molar refractivity (Wildman–Crippen MR) is 556 cm³/mol. The van der Waals surface area contributed by atoms with E-state index in [1.807, 2.05) is 92.6 Å². The van der Waals surface area contributed by atoms with E-state index in [0.29, 0.717) is 164 Å². The number of aliphatic hydroxyl groups excluding tert-OH is 1. The van der Waals surface area contributed by atoms with Crippen molar-refractivity contribution in [2.24, 2.45) is 0 Å². The van der Waals surface area contributed by atoms with Crippen LogP contribution in [0, 0.1) is 0 Å². The summed E-state index contributed by atoms with van der Waals surface area (Å²) in [6.07, 6.45) is 12.8. The predicted octanol–water partition coefficient (Wildman–Crippen LogP) is 26.9. The number of esters is 1. The van der Waals surface area contributed by atoms with Gasteiger partial charge in [0.05, 0.1) is 199 Å². The van der Waals surface area contributed by atoms with E-state index < -0.39 is 5.97 Å². The molecule has 1 aromatic rings. The lowest BCUT2D eigenvalue weighted by Crippen LogP contribution is -2.29. The van der Waals surface area contributed by atoms with Crippen LogP contribution in [0.25, 0.3) is 0 Å². The molecule has 0 fully saturated rings. The van der Waals surface area contributed by atoms with Gasteiger partial charge in [0.2, 0.25) is 0 Å². The number of carbonyl (C=O) groups is 2. The van der Waals surface area contributed by atoms with Crippen molar-refractivity contribution in [1.82, 2.24) is 0 Å². The Kier molecular flexibility index (Phi) is 237. The van der Waals surface area contributed by atoms with Gasteiger partial charge >= 0.3 is 5.97 Å². The Bertz CT molecular complexity index is 1870. The molecule has 1 rings (SSSR count). The minimum Gasteiger partial charge on any atom is -0.491 e. The van der Waals surface area contributed by atoms with Crippen molar-refractivity contribution in [1.29, 1.82) is 0 Å². The molecule has 0 aliphatic heterocycles. The Morgan fingerprint density at radius 3 is 0.905 bits per heavy atom. The van der Waals surface area contributed by atoms with Gasteiger partial charge in [-0.05, 0) is 159 Å². The molecule has 11 atom stereocenters. The van der Waals surface area contributed by atoms with E-state index >= 15 is 0 Å². The smallest absolute Gasteiger partial charge is 0.333 e. The zero-order valence-corrected chi connectivity index (χ0v) is 68.7. The van der Waals surface area contributed by atoms with E-state index in [2.05, 4.69) is 48.1 Å². The molecule has 0 amide bonds. The molecular formula is C101H242O25. The van der Waals surface area contributed by atoms with Gasteiger partial charge in [-0.25, -0.2) is 14.6 Å². The third-order valence-electron chi connectivity index (χ3n) is 15.0. The van der Waals surface area contributed by atoms with Crippen molar-refractivity contribution in [2.75, 3.05) is 193 Å². The molecule has 126 heavy (non-hydrogen) atoms. The van der Waals surface area contributed by atoms with E-state index in [-0.39, 0.29) is 250 Å². The Labute approximate surface area is 793 Å². The highest BCUT2D eigenvalue weighted by Crippen LogP contribution is 2.18. The highest BCUT2D eigenvalue weighted by Gasteiger charge is 2.21. The van der Waals surface area contributed by atoms with Crippen LogP contribution in [0.4, 0.5) is 0 Å². The van der Waals surface area contributed by atoms with E-state index in [1.165, 1.54) is 0 Å². The zero-order chi connectivity index (χ0) is 78.3. The van der Waals surface area contributed by atoms with Gasteiger partial charge in [-0.2, -0.15) is 0 Å². The van der Waals surface area contributed by atoms with E-state index in [4.69, 9.17) is 110 Å². The van der Waals surface area contributed by atoms with Crippen LogP contribution < -0.4 is 4.74 Å². The van der Waals surface area contributed by atoms with E-state index in [1.54, 1.807) is 28.3 Å². The number of aliphatic hydroxyl groups is 1. The summed E-state index contributed by atoms with van der Waals surface area (Å²) in [6.45, 7) is 49.7. The molecule has 796 valence electrons. The van der Waals surface area contributed by atoms with Crippen LogP contribution in [-0.4, -0.2) is 284 Å². The second-order valence-corrected chi connectivity index (χ2v) is 24.7. The summed E-state index contributed by atoms with van der Waals surface area (Å²) in [5.41, 5.74) is 0.386. The van der Waals surface area contributed by atoms with Crippen LogP contribution >= 0.6 is 0 Å². The van der Waals surface area contributed by atoms with Crippen LogP contribution in [0.15, 0.2) is 42.5 Å². The van der Waals surface area contributed by atoms with Crippen LogP contribution in [0.2, 0.25) is 0 Å². The number of rotatable bonds is 70. The molecule has 25 heteroatoms. The summed E-state index contributed by atoms with van der Waals surface area (Å²) in [7, 11) is 5.03. The SMILES string of the molecule is C.C.C.C.C.C.C.C.C.C.C.C.C.C.C.C.C.C.C.C.C.C.C=C(C)C(=O)OCCOC(C)CC(CC)OCCO.CCC(CC(C)OCCC=O)OCCOC.CCC(CC(C)OCCOc1ccccc1)OCCOC.CCOCCOC(C)CC(CC)OCCOC.CCOCCOOCCOC(C)CC(CC(CC)OCCOC(C)C)OCCOCC. The quantitative estimate of drug-likeness (QED) is 0.0159. The fourth-order valence-corrected chi connectivity index (χ4v) is 9.35. The summed E-state index contributed by atoms with van der Waals surface area (Å²) in [5.74, 6) is 0.483. The third kappa shape index (κ3) is 144. The molecule has 25 nitrogen and oxygen atoms in total. The first-order valence-electron chi connectivity index (χ1n) is 38.7. The Hall–Kier alpha value is -2.94. The molecule has 1 N–H and O–H groups in total. The number of methoxy groups -OCH3 is 3. The average Bonchev–Trinajstić information content (AvgIpc) is 0.885. The van der Waals surface area contributed by atoms with Crippen LogP contribution in [0.5, 0.6) is 5.75 Å².